The fraction of sp³-hybridized carbons (Fsp3) is 0.462. The lowest BCUT2D eigenvalue weighted by Gasteiger charge is -2.30. The predicted molar refractivity (Wildman–Crippen MR) is 143 cm³/mol. The summed E-state index contributed by atoms with van der Waals surface area (Å²) in [7, 11) is 0.455. The van der Waals surface area contributed by atoms with Crippen LogP contribution < -0.4 is 4.90 Å². The molecule has 9 heteroatoms. The van der Waals surface area contributed by atoms with E-state index < -0.39 is 10.0 Å². The smallest absolute Gasteiger partial charge is 0.260 e. The van der Waals surface area contributed by atoms with Gasteiger partial charge in [-0.05, 0) is 94.7 Å². The van der Waals surface area contributed by atoms with Crippen molar-refractivity contribution in [2.75, 3.05) is 45.2 Å². The second-order valence-corrected chi connectivity index (χ2v) is 12.7. The van der Waals surface area contributed by atoms with Crippen LogP contribution in [0, 0.1) is 12.8 Å². The van der Waals surface area contributed by atoms with E-state index in [2.05, 4.69) is 17.9 Å². The number of benzene rings is 2. The summed E-state index contributed by atoms with van der Waals surface area (Å²) in [5, 5.41) is 0.661. The summed E-state index contributed by atoms with van der Waals surface area (Å²) >= 11 is 1.51. The van der Waals surface area contributed by atoms with Crippen molar-refractivity contribution >= 4 is 42.6 Å². The molecule has 1 fully saturated rings. The van der Waals surface area contributed by atoms with E-state index in [1.807, 2.05) is 33.2 Å². The van der Waals surface area contributed by atoms with Gasteiger partial charge in [0.15, 0.2) is 5.13 Å². The van der Waals surface area contributed by atoms with Crippen LogP contribution in [0.15, 0.2) is 47.4 Å². The second-order valence-electron chi connectivity index (χ2n) is 9.72. The first-order valence-electron chi connectivity index (χ1n) is 12.1. The number of piperidine rings is 1. The largest absolute Gasteiger partial charge is 0.309 e. The Morgan fingerprint density at radius 1 is 1.14 bits per heavy atom. The monoisotopic (exact) mass is 514 g/mol. The van der Waals surface area contributed by atoms with Crippen molar-refractivity contribution in [3.8, 4) is 0 Å². The van der Waals surface area contributed by atoms with Crippen LogP contribution in [0.2, 0.25) is 0 Å². The number of amides is 1. The summed E-state index contributed by atoms with van der Waals surface area (Å²) in [6, 6.07) is 12.4. The number of fused-ring (bicyclic) bond motifs is 1. The molecule has 35 heavy (non-hydrogen) atoms. The molecule has 1 saturated heterocycles. The molecular formula is C26H34N4O3S2. The Bertz CT molecular complexity index is 1290. The van der Waals surface area contributed by atoms with Gasteiger partial charge in [0.05, 0.1) is 15.1 Å². The van der Waals surface area contributed by atoms with Gasteiger partial charge in [-0.2, -0.15) is 4.31 Å². The zero-order chi connectivity index (χ0) is 25.2. The molecule has 1 aromatic heterocycles. The third kappa shape index (κ3) is 5.91. The van der Waals surface area contributed by atoms with Gasteiger partial charge < -0.3 is 4.90 Å². The fourth-order valence-electron chi connectivity index (χ4n) is 4.40. The fourth-order valence-corrected chi connectivity index (χ4v) is 7.09. The quantitative estimate of drug-likeness (QED) is 0.438. The molecule has 1 atom stereocenters. The van der Waals surface area contributed by atoms with Crippen molar-refractivity contribution in [3.05, 3.63) is 53.6 Å². The SMILES string of the molecule is Cc1ccc2nc(N(CCCN(C)C)C(=O)c3ccc(S(=O)(=O)N4CCCC(C)C4)cc3)sc2c1. The Kier molecular flexibility index (Phi) is 7.90. The van der Waals surface area contributed by atoms with E-state index in [-0.39, 0.29) is 10.8 Å². The molecule has 0 aliphatic carbocycles. The highest BCUT2D eigenvalue weighted by Crippen LogP contribution is 2.31. The Labute approximate surface area is 212 Å². The van der Waals surface area contributed by atoms with Crippen LogP contribution in [0.1, 0.15) is 42.1 Å². The Morgan fingerprint density at radius 2 is 1.89 bits per heavy atom. The molecule has 2 heterocycles. The van der Waals surface area contributed by atoms with E-state index in [0.717, 1.165) is 41.6 Å². The van der Waals surface area contributed by atoms with Crippen molar-refractivity contribution < 1.29 is 13.2 Å². The molecule has 0 N–H and O–H groups in total. The minimum absolute atomic E-state index is 0.171. The van der Waals surface area contributed by atoms with E-state index >= 15 is 0 Å². The summed E-state index contributed by atoms with van der Waals surface area (Å²) < 4.78 is 28.8. The number of aromatic nitrogens is 1. The number of hydrogen-bond acceptors (Lipinski definition) is 6. The lowest BCUT2D eigenvalue weighted by molar-refractivity contribution is 0.0986. The van der Waals surface area contributed by atoms with Crippen LogP contribution in [-0.2, 0) is 10.0 Å². The summed E-state index contributed by atoms with van der Waals surface area (Å²) in [5.74, 6) is 0.183. The highest BCUT2D eigenvalue weighted by atomic mass is 32.2. The van der Waals surface area contributed by atoms with Crippen LogP contribution in [-0.4, -0.2) is 68.8 Å². The third-order valence-corrected chi connectivity index (χ3v) is 9.28. The lowest BCUT2D eigenvalue weighted by atomic mass is 10.0. The van der Waals surface area contributed by atoms with Gasteiger partial charge >= 0.3 is 0 Å². The standard InChI is InChI=1S/C26H34N4O3S2/c1-19-8-13-23-24(17-19)34-26(27-23)30(16-6-14-28(3)4)25(31)21-9-11-22(12-10-21)35(32,33)29-15-5-7-20(2)18-29/h8-13,17,20H,5-7,14-16,18H2,1-4H3. The summed E-state index contributed by atoms with van der Waals surface area (Å²) in [6.07, 6.45) is 2.72. The molecule has 1 amide bonds. The Morgan fingerprint density at radius 3 is 2.57 bits per heavy atom. The van der Waals surface area contributed by atoms with E-state index in [0.29, 0.717) is 36.2 Å². The van der Waals surface area contributed by atoms with Gasteiger partial charge in [-0.3, -0.25) is 9.69 Å². The first kappa shape index (κ1) is 25.8. The molecule has 1 aliphatic rings. The lowest BCUT2D eigenvalue weighted by Crippen LogP contribution is -2.39. The van der Waals surface area contributed by atoms with Gasteiger partial charge in [0.2, 0.25) is 10.0 Å². The Hall–Kier alpha value is -2.33. The van der Waals surface area contributed by atoms with Crippen molar-refractivity contribution in [1.29, 1.82) is 0 Å². The number of anilines is 1. The molecule has 0 bridgehead atoms. The number of thiazole rings is 1. The highest BCUT2D eigenvalue weighted by molar-refractivity contribution is 7.89. The third-order valence-electron chi connectivity index (χ3n) is 6.35. The number of nitrogens with zero attached hydrogens (tertiary/aromatic N) is 4. The van der Waals surface area contributed by atoms with Crippen LogP contribution in [0.25, 0.3) is 10.2 Å². The number of carbonyl (C=O) groups is 1. The van der Waals surface area contributed by atoms with Gasteiger partial charge in [0, 0.05) is 25.2 Å². The first-order valence-corrected chi connectivity index (χ1v) is 14.3. The highest BCUT2D eigenvalue weighted by Gasteiger charge is 2.29. The zero-order valence-electron chi connectivity index (χ0n) is 20.9. The molecule has 3 aromatic rings. The van der Waals surface area contributed by atoms with Gasteiger partial charge in [-0.15, -0.1) is 0 Å². The second kappa shape index (κ2) is 10.7. The number of sulfonamides is 1. The molecule has 1 aliphatic heterocycles. The van der Waals surface area contributed by atoms with Crippen molar-refractivity contribution in [1.82, 2.24) is 14.2 Å². The number of hydrogen-bond donors (Lipinski definition) is 0. The number of rotatable bonds is 8. The molecule has 0 saturated carbocycles. The first-order chi connectivity index (χ1) is 16.6. The van der Waals surface area contributed by atoms with Crippen LogP contribution in [0.5, 0.6) is 0 Å². The van der Waals surface area contributed by atoms with E-state index in [1.54, 1.807) is 33.5 Å². The van der Waals surface area contributed by atoms with Gasteiger partial charge in [-0.1, -0.05) is 24.3 Å². The summed E-state index contributed by atoms with van der Waals surface area (Å²) in [4.78, 5) is 22.4. The van der Waals surface area contributed by atoms with Gasteiger partial charge in [-0.25, -0.2) is 13.4 Å². The zero-order valence-corrected chi connectivity index (χ0v) is 22.5. The topological polar surface area (TPSA) is 73.8 Å². The molecule has 1 unspecified atom stereocenters. The van der Waals surface area contributed by atoms with Crippen molar-refractivity contribution in [2.45, 2.75) is 38.0 Å². The minimum atomic E-state index is -3.56. The van der Waals surface area contributed by atoms with E-state index in [4.69, 9.17) is 4.98 Å². The van der Waals surface area contributed by atoms with E-state index in [9.17, 15) is 13.2 Å². The normalized spacial score (nSPS) is 17.2. The van der Waals surface area contributed by atoms with Crippen molar-refractivity contribution in [2.24, 2.45) is 5.92 Å². The molecular weight excluding hydrogens is 480 g/mol. The van der Waals surface area contributed by atoms with Crippen LogP contribution >= 0.6 is 11.3 Å². The molecule has 0 radical (unpaired) electrons. The predicted octanol–water partition coefficient (Wildman–Crippen LogP) is 4.62. The minimum Gasteiger partial charge on any atom is -0.309 e. The van der Waals surface area contributed by atoms with Crippen molar-refractivity contribution in [3.63, 3.8) is 0 Å². The van der Waals surface area contributed by atoms with Crippen LogP contribution in [0.4, 0.5) is 5.13 Å². The Balaban J connectivity index is 1.59. The van der Waals surface area contributed by atoms with E-state index in [1.165, 1.54) is 11.3 Å². The average Bonchev–Trinajstić information content (AvgIpc) is 3.24. The molecule has 4 rings (SSSR count). The number of aryl methyl sites for hydroxylation is 1. The van der Waals surface area contributed by atoms with Gasteiger partial charge in [0.1, 0.15) is 0 Å². The molecule has 2 aromatic carbocycles. The molecule has 188 valence electrons. The van der Waals surface area contributed by atoms with Crippen LogP contribution in [0.3, 0.4) is 0 Å². The number of carbonyl (C=O) groups excluding carboxylic acids is 1. The summed E-state index contributed by atoms with van der Waals surface area (Å²) in [6.45, 7) is 6.58. The maximum atomic E-state index is 13.6. The maximum Gasteiger partial charge on any atom is 0.260 e. The molecule has 0 spiro atoms. The maximum absolute atomic E-state index is 13.6. The average molecular weight is 515 g/mol. The summed E-state index contributed by atoms with van der Waals surface area (Å²) in [5.41, 5.74) is 2.48. The van der Waals surface area contributed by atoms with Gasteiger partial charge in [0.25, 0.3) is 5.91 Å². The molecule has 7 nitrogen and oxygen atoms in total.